The maximum atomic E-state index is 12.6. The van der Waals surface area contributed by atoms with E-state index in [0.717, 1.165) is 30.0 Å². The normalized spacial score (nSPS) is 13.8. The Bertz CT molecular complexity index is 1190. The molecule has 0 fully saturated rings. The lowest BCUT2D eigenvalue weighted by molar-refractivity contribution is -0.134. The highest BCUT2D eigenvalue weighted by Crippen LogP contribution is 2.28. The second-order valence-electron chi connectivity index (χ2n) is 7.15. The number of aliphatic imine (C=N–C) groups is 1. The number of anilines is 1. The summed E-state index contributed by atoms with van der Waals surface area (Å²) in [5.74, 6) is 0.253. The molecule has 0 atom stereocenters. The SMILES string of the molecule is CCOC(=O)C1=Nn2c(nnc2-c2ccccn2)C1=Nc1ccc(N(CC)CC)cc1C. The predicted octanol–water partition coefficient (Wildman–Crippen LogP) is 3.40. The van der Waals surface area contributed by atoms with Gasteiger partial charge in [0.25, 0.3) is 0 Å². The molecule has 0 amide bonds. The number of carbonyl (C=O) groups excluding carboxylic acids is 1. The van der Waals surface area contributed by atoms with Crippen LogP contribution in [0.25, 0.3) is 11.5 Å². The number of ether oxygens (including phenoxy) is 1. The smallest absolute Gasteiger partial charge is 0.361 e. The van der Waals surface area contributed by atoms with Gasteiger partial charge in [-0.2, -0.15) is 9.78 Å². The molecule has 0 aliphatic carbocycles. The zero-order chi connectivity index (χ0) is 22.7. The quantitative estimate of drug-likeness (QED) is 0.532. The number of hydrogen-bond acceptors (Lipinski definition) is 8. The van der Waals surface area contributed by atoms with Crippen LogP contribution in [0.2, 0.25) is 0 Å². The summed E-state index contributed by atoms with van der Waals surface area (Å²) < 4.78 is 6.71. The molecule has 1 aliphatic rings. The molecule has 0 unspecified atom stereocenters. The van der Waals surface area contributed by atoms with Crippen LogP contribution in [-0.4, -0.2) is 56.9 Å². The zero-order valence-electron chi connectivity index (χ0n) is 18.6. The molecule has 0 N–H and O–H groups in total. The Labute approximate surface area is 186 Å². The predicted molar refractivity (Wildman–Crippen MR) is 124 cm³/mol. The van der Waals surface area contributed by atoms with Gasteiger partial charge in [-0.3, -0.25) is 4.98 Å². The Balaban J connectivity index is 1.80. The highest BCUT2D eigenvalue weighted by Gasteiger charge is 2.34. The van der Waals surface area contributed by atoms with E-state index in [-0.39, 0.29) is 12.3 Å². The number of benzene rings is 1. The number of nitrogens with zero attached hydrogens (tertiary/aromatic N) is 7. The fraction of sp³-hybridized carbons (Fsp3) is 0.304. The molecule has 0 saturated heterocycles. The molecule has 9 nitrogen and oxygen atoms in total. The molecule has 0 radical (unpaired) electrons. The van der Waals surface area contributed by atoms with Crippen LogP contribution in [-0.2, 0) is 9.53 Å². The van der Waals surface area contributed by atoms with Crippen molar-refractivity contribution in [3.63, 3.8) is 0 Å². The standard InChI is InChI=1S/C23H25N7O2/c1-5-29(6-2)16-11-12-17(15(4)14-16)25-19-20(23(31)32-7-3)28-30-21(26-27-22(19)30)18-10-8-9-13-24-18/h8-14H,5-7H2,1-4H3. The van der Waals surface area contributed by atoms with Gasteiger partial charge in [0.05, 0.1) is 12.3 Å². The van der Waals surface area contributed by atoms with Crippen LogP contribution in [0, 0.1) is 6.92 Å². The molecule has 0 bridgehead atoms. The summed E-state index contributed by atoms with van der Waals surface area (Å²) >= 11 is 0. The van der Waals surface area contributed by atoms with Crippen molar-refractivity contribution in [3.05, 3.63) is 54.0 Å². The van der Waals surface area contributed by atoms with Crippen molar-refractivity contribution in [2.45, 2.75) is 27.7 Å². The van der Waals surface area contributed by atoms with Gasteiger partial charge in [0, 0.05) is 25.0 Å². The highest BCUT2D eigenvalue weighted by molar-refractivity contribution is 6.69. The van der Waals surface area contributed by atoms with Gasteiger partial charge >= 0.3 is 5.97 Å². The van der Waals surface area contributed by atoms with Crippen LogP contribution in [0.1, 0.15) is 32.2 Å². The van der Waals surface area contributed by atoms with E-state index in [1.54, 1.807) is 13.1 Å². The van der Waals surface area contributed by atoms with Crippen LogP contribution in [0.5, 0.6) is 0 Å². The fourth-order valence-corrected chi connectivity index (χ4v) is 3.54. The van der Waals surface area contributed by atoms with Crippen molar-refractivity contribution in [2.75, 3.05) is 24.6 Å². The van der Waals surface area contributed by atoms with E-state index in [0.29, 0.717) is 23.1 Å². The first-order chi connectivity index (χ1) is 15.6. The summed E-state index contributed by atoms with van der Waals surface area (Å²) in [6.45, 7) is 10.1. The Morgan fingerprint density at radius 3 is 2.53 bits per heavy atom. The topological polar surface area (TPSA) is 97.9 Å². The van der Waals surface area contributed by atoms with Crippen LogP contribution < -0.4 is 4.90 Å². The van der Waals surface area contributed by atoms with E-state index < -0.39 is 5.97 Å². The molecule has 164 valence electrons. The van der Waals surface area contributed by atoms with Gasteiger partial charge in [0.1, 0.15) is 11.4 Å². The number of aryl methyl sites for hydroxylation is 1. The van der Waals surface area contributed by atoms with E-state index in [9.17, 15) is 4.79 Å². The number of pyridine rings is 1. The van der Waals surface area contributed by atoms with E-state index in [1.165, 1.54) is 4.68 Å². The second-order valence-corrected chi connectivity index (χ2v) is 7.15. The lowest BCUT2D eigenvalue weighted by Crippen LogP contribution is -2.25. The number of aromatic nitrogens is 4. The van der Waals surface area contributed by atoms with Gasteiger partial charge in [0.15, 0.2) is 5.71 Å². The molecule has 4 rings (SSSR count). The Morgan fingerprint density at radius 1 is 1.09 bits per heavy atom. The van der Waals surface area contributed by atoms with Crippen molar-refractivity contribution in [3.8, 4) is 11.5 Å². The molecule has 0 saturated carbocycles. The van der Waals surface area contributed by atoms with Crippen LogP contribution in [0.15, 0.2) is 52.7 Å². The Morgan fingerprint density at radius 2 is 1.88 bits per heavy atom. The van der Waals surface area contributed by atoms with Crippen LogP contribution in [0.4, 0.5) is 11.4 Å². The van der Waals surface area contributed by atoms with Gasteiger partial charge in [-0.25, -0.2) is 9.79 Å². The largest absolute Gasteiger partial charge is 0.461 e. The van der Waals surface area contributed by atoms with Gasteiger partial charge in [-0.15, -0.1) is 10.2 Å². The molecule has 1 aromatic carbocycles. The third kappa shape index (κ3) is 3.89. The average molecular weight is 432 g/mol. The molecule has 32 heavy (non-hydrogen) atoms. The van der Waals surface area contributed by atoms with Gasteiger partial charge in [-0.05, 0) is 63.6 Å². The summed E-state index contributed by atoms with van der Waals surface area (Å²) in [5.41, 5.74) is 3.86. The minimum absolute atomic E-state index is 0.0983. The minimum atomic E-state index is -0.555. The zero-order valence-corrected chi connectivity index (χ0v) is 18.6. The lowest BCUT2D eigenvalue weighted by Gasteiger charge is -2.21. The van der Waals surface area contributed by atoms with Crippen molar-refractivity contribution < 1.29 is 9.53 Å². The van der Waals surface area contributed by atoms with Crippen molar-refractivity contribution in [1.82, 2.24) is 19.9 Å². The Hall–Kier alpha value is -3.88. The summed E-state index contributed by atoms with van der Waals surface area (Å²) in [4.78, 5) is 24.0. The summed E-state index contributed by atoms with van der Waals surface area (Å²) in [5, 5.41) is 12.9. The molecule has 3 aromatic rings. The number of rotatable bonds is 7. The van der Waals surface area contributed by atoms with Gasteiger partial charge < -0.3 is 9.64 Å². The molecule has 2 aromatic heterocycles. The number of esters is 1. The molecule has 9 heteroatoms. The summed E-state index contributed by atoms with van der Waals surface area (Å²) in [7, 11) is 0. The fourth-order valence-electron chi connectivity index (χ4n) is 3.54. The summed E-state index contributed by atoms with van der Waals surface area (Å²) in [6.07, 6.45) is 1.66. The van der Waals surface area contributed by atoms with Crippen LogP contribution in [0.3, 0.4) is 0 Å². The Kier molecular flexibility index (Phi) is 6.07. The van der Waals surface area contributed by atoms with Gasteiger partial charge in [0.2, 0.25) is 11.6 Å². The highest BCUT2D eigenvalue weighted by atomic mass is 16.5. The van der Waals surface area contributed by atoms with E-state index in [4.69, 9.17) is 9.73 Å². The number of carbonyl (C=O) groups is 1. The maximum Gasteiger partial charge on any atom is 0.361 e. The average Bonchev–Trinajstić information content (AvgIpc) is 3.37. The molecule has 1 aliphatic heterocycles. The molecule has 3 heterocycles. The molecule has 0 spiro atoms. The summed E-state index contributed by atoms with van der Waals surface area (Å²) in [6, 6.07) is 11.5. The van der Waals surface area contributed by atoms with E-state index in [2.05, 4.69) is 45.1 Å². The maximum absolute atomic E-state index is 12.6. The van der Waals surface area contributed by atoms with E-state index >= 15 is 0 Å². The first kappa shape index (κ1) is 21.4. The van der Waals surface area contributed by atoms with Crippen molar-refractivity contribution >= 4 is 28.8 Å². The number of hydrogen-bond donors (Lipinski definition) is 0. The van der Waals surface area contributed by atoms with Crippen molar-refractivity contribution in [2.24, 2.45) is 10.1 Å². The van der Waals surface area contributed by atoms with E-state index in [1.807, 2.05) is 37.3 Å². The molecular weight excluding hydrogens is 406 g/mol. The van der Waals surface area contributed by atoms with Crippen molar-refractivity contribution in [1.29, 1.82) is 0 Å². The first-order valence-electron chi connectivity index (χ1n) is 10.6. The van der Waals surface area contributed by atoms with Gasteiger partial charge in [-0.1, -0.05) is 6.07 Å². The number of fused-ring (bicyclic) bond motifs is 1. The van der Waals surface area contributed by atoms with Crippen LogP contribution >= 0.6 is 0 Å². The third-order valence-corrected chi connectivity index (χ3v) is 5.18. The lowest BCUT2D eigenvalue weighted by atomic mass is 10.1. The monoisotopic (exact) mass is 431 g/mol. The minimum Gasteiger partial charge on any atom is -0.461 e. The molecular formula is C23H25N7O2. The first-order valence-corrected chi connectivity index (χ1v) is 10.6. The third-order valence-electron chi connectivity index (χ3n) is 5.18. The second kappa shape index (κ2) is 9.09.